The Morgan fingerprint density at radius 3 is 2.83 bits per heavy atom. The van der Waals surface area contributed by atoms with Crippen LogP contribution in [-0.2, 0) is 24.2 Å². The molecular weight excluding hydrogens is 353 g/mol. The second-order valence-corrected chi connectivity index (χ2v) is 7.72. The first-order valence-corrected chi connectivity index (χ1v) is 9.02. The SMILES string of the molecule is CN(C(=O)OCc1ccccc1)C1CCc2sc(Cl)c(Cl)c2C1. The van der Waals surface area contributed by atoms with Crippen molar-refractivity contribution in [3.8, 4) is 0 Å². The van der Waals surface area contributed by atoms with Crippen molar-refractivity contribution in [1.82, 2.24) is 4.90 Å². The van der Waals surface area contributed by atoms with Crippen LogP contribution < -0.4 is 0 Å². The van der Waals surface area contributed by atoms with E-state index in [9.17, 15) is 4.79 Å². The number of amides is 1. The first-order valence-electron chi connectivity index (χ1n) is 7.45. The van der Waals surface area contributed by atoms with Crippen LogP contribution >= 0.6 is 34.5 Å². The zero-order chi connectivity index (χ0) is 16.4. The molecule has 0 aliphatic heterocycles. The van der Waals surface area contributed by atoms with Gasteiger partial charge < -0.3 is 9.64 Å². The average Bonchev–Trinajstić information content (AvgIpc) is 2.87. The van der Waals surface area contributed by atoms with Crippen molar-refractivity contribution in [2.75, 3.05) is 7.05 Å². The van der Waals surface area contributed by atoms with Crippen molar-refractivity contribution in [3.63, 3.8) is 0 Å². The molecule has 6 heteroatoms. The van der Waals surface area contributed by atoms with Gasteiger partial charge in [-0.3, -0.25) is 0 Å². The van der Waals surface area contributed by atoms with Gasteiger partial charge in [0.2, 0.25) is 0 Å². The molecular formula is C17H17Cl2NO2S. The summed E-state index contributed by atoms with van der Waals surface area (Å²) in [5.74, 6) is 0. The molecule has 0 spiro atoms. The van der Waals surface area contributed by atoms with Crippen LogP contribution in [0, 0.1) is 0 Å². The summed E-state index contributed by atoms with van der Waals surface area (Å²) in [6.45, 7) is 0.285. The Morgan fingerprint density at radius 2 is 2.09 bits per heavy atom. The van der Waals surface area contributed by atoms with Crippen LogP contribution in [0.4, 0.5) is 4.79 Å². The predicted octanol–water partition coefficient (Wildman–Crippen LogP) is 5.18. The van der Waals surface area contributed by atoms with Gasteiger partial charge >= 0.3 is 6.09 Å². The first-order chi connectivity index (χ1) is 11.1. The predicted molar refractivity (Wildman–Crippen MR) is 94.5 cm³/mol. The van der Waals surface area contributed by atoms with E-state index in [0.29, 0.717) is 9.36 Å². The number of hydrogen-bond donors (Lipinski definition) is 0. The van der Waals surface area contributed by atoms with Crippen molar-refractivity contribution >= 4 is 40.6 Å². The van der Waals surface area contributed by atoms with E-state index in [1.807, 2.05) is 30.3 Å². The van der Waals surface area contributed by atoms with Crippen LogP contribution in [0.15, 0.2) is 30.3 Å². The summed E-state index contributed by atoms with van der Waals surface area (Å²) in [4.78, 5) is 15.2. The lowest BCUT2D eigenvalue weighted by Crippen LogP contribution is -2.40. The van der Waals surface area contributed by atoms with Gasteiger partial charge in [0.05, 0.1) is 5.02 Å². The largest absolute Gasteiger partial charge is 0.445 e. The molecule has 0 bridgehead atoms. The second kappa shape index (κ2) is 7.12. The summed E-state index contributed by atoms with van der Waals surface area (Å²) < 4.78 is 6.04. The monoisotopic (exact) mass is 369 g/mol. The third kappa shape index (κ3) is 3.65. The standard InChI is InChI=1S/C17H17Cl2NO2S/c1-20(17(21)22-10-11-5-3-2-4-6-11)12-7-8-14-13(9-12)15(18)16(19)23-14/h2-6,12H,7-10H2,1H3. The molecule has 1 aliphatic rings. The highest BCUT2D eigenvalue weighted by atomic mass is 35.5. The smallest absolute Gasteiger partial charge is 0.410 e. The number of benzene rings is 1. The fraction of sp³-hybridized carbons (Fsp3) is 0.353. The highest BCUT2D eigenvalue weighted by Crippen LogP contribution is 2.41. The van der Waals surface area contributed by atoms with Crippen molar-refractivity contribution in [3.05, 3.63) is 55.7 Å². The van der Waals surface area contributed by atoms with Gasteiger partial charge in [-0.25, -0.2) is 4.79 Å². The van der Waals surface area contributed by atoms with E-state index in [1.54, 1.807) is 23.3 Å². The zero-order valence-electron chi connectivity index (χ0n) is 12.7. The van der Waals surface area contributed by atoms with E-state index in [0.717, 1.165) is 30.4 Å². The van der Waals surface area contributed by atoms with Gasteiger partial charge in [-0.15, -0.1) is 11.3 Å². The summed E-state index contributed by atoms with van der Waals surface area (Å²) >= 11 is 13.9. The molecule has 0 N–H and O–H groups in total. The highest BCUT2D eigenvalue weighted by molar-refractivity contribution is 7.17. The lowest BCUT2D eigenvalue weighted by molar-refractivity contribution is 0.0884. The maximum atomic E-state index is 12.3. The number of aryl methyl sites for hydroxylation is 1. The summed E-state index contributed by atoms with van der Waals surface area (Å²) in [5, 5.41) is 0.641. The molecule has 0 fully saturated rings. The quantitative estimate of drug-likeness (QED) is 0.745. The molecule has 1 aromatic carbocycles. The maximum Gasteiger partial charge on any atom is 0.410 e. The van der Waals surface area contributed by atoms with Gasteiger partial charge in [0.25, 0.3) is 0 Å². The normalized spacial score (nSPS) is 16.7. The molecule has 1 amide bonds. The van der Waals surface area contributed by atoms with Crippen molar-refractivity contribution in [2.45, 2.75) is 31.9 Å². The summed E-state index contributed by atoms with van der Waals surface area (Å²) in [6, 6.07) is 9.76. The Kier molecular flexibility index (Phi) is 5.14. The Hall–Kier alpha value is -1.23. The zero-order valence-corrected chi connectivity index (χ0v) is 15.0. The van der Waals surface area contributed by atoms with Crippen LogP contribution in [0.25, 0.3) is 0 Å². The Labute approximate surface area is 149 Å². The number of nitrogens with zero attached hydrogens (tertiary/aromatic N) is 1. The summed E-state index contributed by atoms with van der Waals surface area (Å²) in [6.07, 6.45) is 2.22. The van der Waals surface area contributed by atoms with Crippen molar-refractivity contribution < 1.29 is 9.53 Å². The van der Waals surface area contributed by atoms with Gasteiger partial charge in [-0.2, -0.15) is 0 Å². The Morgan fingerprint density at radius 1 is 1.35 bits per heavy atom. The van der Waals surface area contributed by atoms with Crippen LogP contribution in [0.1, 0.15) is 22.4 Å². The van der Waals surface area contributed by atoms with Gasteiger partial charge in [0, 0.05) is 18.0 Å². The van der Waals surface area contributed by atoms with E-state index in [1.165, 1.54) is 4.88 Å². The van der Waals surface area contributed by atoms with Crippen LogP contribution in [0.5, 0.6) is 0 Å². The molecule has 23 heavy (non-hydrogen) atoms. The number of hydrogen-bond acceptors (Lipinski definition) is 3. The molecule has 3 nitrogen and oxygen atoms in total. The number of fused-ring (bicyclic) bond motifs is 1. The molecule has 1 atom stereocenters. The second-order valence-electron chi connectivity index (χ2n) is 5.64. The summed E-state index contributed by atoms with van der Waals surface area (Å²) in [5.41, 5.74) is 2.06. The lowest BCUT2D eigenvalue weighted by Gasteiger charge is -2.30. The number of halogens is 2. The molecule has 122 valence electrons. The van der Waals surface area contributed by atoms with E-state index in [-0.39, 0.29) is 18.7 Å². The fourth-order valence-electron chi connectivity index (χ4n) is 2.80. The number of likely N-dealkylation sites (N-methyl/N-ethyl adjacent to an activating group) is 1. The van der Waals surface area contributed by atoms with E-state index in [2.05, 4.69) is 0 Å². The van der Waals surface area contributed by atoms with E-state index >= 15 is 0 Å². The minimum absolute atomic E-state index is 0.0916. The number of ether oxygens (including phenoxy) is 1. The topological polar surface area (TPSA) is 29.5 Å². The number of thiophene rings is 1. The van der Waals surface area contributed by atoms with Crippen LogP contribution in [0.2, 0.25) is 9.36 Å². The van der Waals surface area contributed by atoms with Gasteiger partial charge in [0.15, 0.2) is 0 Å². The van der Waals surface area contributed by atoms with Gasteiger partial charge in [-0.05, 0) is 30.4 Å². The number of carbonyl (C=O) groups is 1. The van der Waals surface area contributed by atoms with Crippen LogP contribution in [-0.4, -0.2) is 24.1 Å². The summed E-state index contributed by atoms with van der Waals surface area (Å²) in [7, 11) is 1.78. The van der Waals surface area contributed by atoms with Crippen molar-refractivity contribution in [2.24, 2.45) is 0 Å². The molecule has 0 saturated carbocycles. The molecule has 1 heterocycles. The Balaban J connectivity index is 1.61. The lowest BCUT2D eigenvalue weighted by atomic mass is 9.94. The third-order valence-corrected chi connectivity index (χ3v) is 6.30. The number of carbonyl (C=O) groups excluding carboxylic acids is 1. The number of rotatable bonds is 3. The molecule has 2 aromatic rings. The molecule has 1 aromatic heterocycles. The Bertz CT molecular complexity index is 702. The minimum Gasteiger partial charge on any atom is -0.445 e. The molecule has 0 radical (unpaired) electrons. The third-order valence-electron chi connectivity index (χ3n) is 4.17. The minimum atomic E-state index is -0.306. The highest BCUT2D eigenvalue weighted by Gasteiger charge is 2.29. The fourth-order valence-corrected chi connectivity index (χ4v) is 4.51. The molecule has 0 saturated heterocycles. The van der Waals surface area contributed by atoms with Gasteiger partial charge in [0.1, 0.15) is 10.9 Å². The van der Waals surface area contributed by atoms with Crippen LogP contribution in [0.3, 0.4) is 0 Å². The molecule has 1 unspecified atom stereocenters. The maximum absolute atomic E-state index is 12.3. The first kappa shape index (κ1) is 16.6. The molecule has 1 aliphatic carbocycles. The van der Waals surface area contributed by atoms with E-state index in [4.69, 9.17) is 27.9 Å². The van der Waals surface area contributed by atoms with E-state index < -0.39 is 0 Å². The average molecular weight is 370 g/mol. The molecule has 3 rings (SSSR count). The van der Waals surface area contributed by atoms with Gasteiger partial charge in [-0.1, -0.05) is 53.5 Å². The van der Waals surface area contributed by atoms with Crippen molar-refractivity contribution in [1.29, 1.82) is 0 Å².